The van der Waals surface area contributed by atoms with Crippen molar-refractivity contribution in [2.24, 2.45) is 5.92 Å². The van der Waals surface area contributed by atoms with Crippen molar-refractivity contribution in [2.75, 3.05) is 6.54 Å². The Morgan fingerprint density at radius 1 is 1.20 bits per heavy atom. The molecule has 10 heavy (non-hydrogen) atoms. The van der Waals surface area contributed by atoms with Crippen molar-refractivity contribution in [3.05, 3.63) is 12.2 Å². The lowest BCUT2D eigenvalue weighted by molar-refractivity contribution is 0.751. The zero-order chi connectivity index (χ0) is 6.81. The summed E-state index contributed by atoms with van der Waals surface area (Å²) in [5.41, 5.74) is 0. The fourth-order valence-electron chi connectivity index (χ4n) is 1.07. The molecule has 0 radical (unpaired) electrons. The van der Waals surface area contributed by atoms with Crippen molar-refractivity contribution in [2.45, 2.75) is 31.7 Å². The van der Waals surface area contributed by atoms with Crippen LogP contribution in [0.15, 0.2) is 12.2 Å². The standard InChI is InChI=1S/C9H15N/c1(2-8-3-4-8)7-10-9-5-6-9/h1-2,8-10H,3-7H2. The molecule has 56 valence electrons. The van der Waals surface area contributed by atoms with Gasteiger partial charge in [0.25, 0.3) is 0 Å². The number of hydrogen-bond acceptors (Lipinski definition) is 1. The summed E-state index contributed by atoms with van der Waals surface area (Å²) >= 11 is 0. The fourth-order valence-corrected chi connectivity index (χ4v) is 1.07. The molecule has 0 amide bonds. The Bertz CT molecular complexity index is 132. The smallest absolute Gasteiger partial charge is 0.0137 e. The maximum Gasteiger partial charge on any atom is 0.0137 e. The molecule has 0 spiro atoms. The van der Waals surface area contributed by atoms with Crippen LogP contribution < -0.4 is 5.32 Å². The van der Waals surface area contributed by atoms with Crippen molar-refractivity contribution in [1.29, 1.82) is 0 Å². The van der Waals surface area contributed by atoms with Gasteiger partial charge in [-0.15, -0.1) is 0 Å². The molecular weight excluding hydrogens is 122 g/mol. The molecule has 0 aromatic carbocycles. The van der Waals surface area contributed by atoms with Crippen LogP contribution in [0.4, 0.5) is 0 Å². The third-order valence-electron chi connectivity index (χ3n) is 2.13. The second kappa shape index (κ2) is 2.75. The van der Waals surface area contributed by atoms with Gasteiger partial charge in [-0.3, -0.25) is 0 Å². The van der Waals surface area contributed by atoms with Crippen molar-refractivity contribution < 1.29 is 0 Å². The number of rotatable bonds is 4. The fraction of sp³-hybridized carbons (Fsp3) is 0.778. The molecule has 0 aliphatic heterocycles. The van der Waals surface area contributed by atoms with Crippen LogP contribution in [0.3, 0.4) is 0 Å². The molecule has 0 bridgehead atoms. The van der Waals surface area contributed by atoms with E-state index in [0.717, 1.165) is 18.5 Å². The Morgan fingerprint density at radius 3 is 2.60 bits per heavy atom. The van der Waals surface area contributed by atoms with Gasteiger partial charge in [0.05, 0.1) is 0 Å². The second-order valence-electron chi connectivity index (χ2n) is 3.45. The molecule has 1 nitrogen and oxygen atoms in total. The first-order chi connectivity index (χ1) is 4.95. The lowest BCUT2D eigenvalue weighted by atomic mass is 10.3. The second-order valence-corrected chi connectivity index (χ2v) is 3.45. The van der Waals surface area contributed by atoms with Crippen molar-refractivity contribution in [1.82, 2.24) is 5.32 Å². The minimum absolute atomic E-state index is 0.865. The molecule has 2 rings (SSSR count). The van der Waals surface area contributed by atoms with Gasteiger partial charge in [0.2, 0.25) is 0 Å². The first-order valence-electron chi connectivity index (χ1n) is 4.35. The summed E-state index contributed by atoms with van der Waals surface area (Å²) < 4.78 is 0. The van der Waals surface area contributed by atoms with E-state index in [1.807, 2.05) is 0 Å². The molecule has 1 heteroatoms. The molecule has 0 atom stereocenters. The van der Waals surface area contributed by atoms with E-state index in [1.54, 1.807) is 0 Å². The normalized spacial score (nSPS) is 26.0. The molecule has 0 saturated heterocycles. The van der Waals surface area contributed by atoms with Crippen LogP contribution in [0.2, 0.25) is 0 Å². The Balaban J connectivity index is 1.52. The van der Waals surface area contributed by atoms with E-state index < -0.39 is 0 Å². The van der Waals surface area contributed by atoms with Gasteiger partial charge in [-0.25, -0.2) is 0 Å². The first-order valence-corrected chi connectivity index (χ1v) is 4.35. The summed E-state index contributed by atoms with van der Waals surface area (Å²) in [4.78, 5) is 0. The van der Waals surface area contributed by atoms with Crippen molar-refractivity contribution in [3.63, 3.8) is 0 Å². The highest BCUT2D eigenvalue weighted by Crippen LogP contribution is 2.29. The van der Waals surface area contributed by atoms with Gasteiger partial charge in [-0.05, 0) is 31.6 Å². The van der Waals surface area contributed by atoms with E-state index in [4.69, 9.17) is 0 Å². The molecular formula is C9H15N. The third kappa shape index (κ3) is 2.14. The van der Waals surface area contributed by atoms with Crippen molar-refractivity contribution in [3.8, 4) is 0 Å². The predicted octanol–water partition coefficient (Wildman–Crippen LogP) is 1.70. The van der Waals surface area contributed by atoms with Crippen LogP contribution in [0.1, 0.15) is 25.7 Å². The Labute approximate surface area is 62.5 Å². The number of allylic oxidation sites excluding steroid dienone is 1. The van der Waals surface area contributed by atoms with Crippen LogP contribution >= 0.6 is 0 Å². The van der Waals surface area contributed by atoms with E-state index >= 15 is 0 Å². The van der Waals surface area contributed by atoms with Gasteiger partial charge < -0.3 is 5.32 Å². The summed E-state index contributed by atoms with van der Waals surface area (Å²) in [7, 11) is 0. The average molecular weight is 137 g/mol. The van der Waals surface area contributed by atoms with Gasteiger partial charge in [0.1, 0.15) is 0 Å². The summed E-state index contributed by atoms with van der Waals surface area (Å²) in [5.74, 6) is 0.945. The monoisotopic (exact) mass is 137 g/mol. The number of hydrogen-bond donors (Lipinski definition) is 1. The van der Waals surface area contributed by atoms with E-state index in [0.29, 0.717) is 0 Å². The van der Waals surface area contributed by atoms with Crippen LogP contribution in [0.5, 0.6) is 0 Å². The van der Waals surface area contributed by atoms with Crippen molar-refractivity contribution >= 4 is 0 Å². The minimum atomic E-state index is 0.865. The van der Waals surface area contributed by atoms with Crippen LogP contribution in [0.25, 0.3) is 0 Å². The lowest BCUT2D eigenvalue weighted by Gasteiger charge is -1.93. The molecule has 0 aromatic rings. The van der Waals surface area contributed by atoms with Gasteiger partial charge >= 0.3 is 0 Å². The van der Waals surface area contributed by atoms with E-state index in [9.17, 15) is 0 Å². The molecule has 0 aromatic heterocycles. The summed E-state index contributed by atoms with van der Waals surface area (Å²) in [5, 5.41) is 3.45. The largest absolute Gasteiger partial charge is 0.311 e. The molecule has 2 fully saturated rings. The highest BCUT2D eigenvalue weighted by Gasteiger charge is 2.19. The molecule has 0 unspecified atom stereocenters. The first kappa shape index (κ1) is 6.41. The average Bonchev–Trinajstić information content (AvgIpc) is 2.77. The maximum atomic E-state index is 3.45. The van der Waals surface area contributed by atoms with Crippen LogP contribution in [-0.4, -0.2) is 12.6 Å². The maximum absolute atomic E-state index is 3.45. The Hall–Kier alpha value is -0.300. The zero-order valence-corrected chi connectivity index (χ0v) is 6.34. The molecule has 2 saturated carbocycles. The predicted molar refractivity (Wildman–Crippen MR) is 42.9 cm³/mol. The van der Waals surface area contributed by atoms with E-state index in [-0.39, 0.29) is 0 Å². The topological polar surface area (TPSA) is 12.0 Å². The molecule has 2 aliphatic carbocycles. The highest BCUT2D eigenvalue weighted by molar-refractivity contribution is 4.97. The van der Waals surface area contributed by atoms with Gasteiger partial charge in [-0.1, -0.05) is 12.2 Å². The Kier molecular flexibility index (Phi) is 1.76. The summed E-state index contributed by atoms with van der Waals surface area (Å²) in [6, 6.07) is 0.865. The Morgan fingerprint density at radius 2 is 2.00 bits per heavy atom. The van der Waals surface area contributed by atoms with Gasteiger partial charge in [-0.2, -0.15) is 0 Å². The SMILES string of the molecule is C(=CC1CC1)CNC1CC1. The van der Waals surface area contributed by atoms with Crippen LogP contribution in [-0.2, 0) is 0 Å². The van der Waals surface area contributed by atoms with Gasteiger partial charge in [0.15, 0.2) is 0 Å². The molecule has 2 aliphatic rings. The quantitative estimate of drug-likeness (QED) is 0.581. The van der Waals surface area contributed by atoms with E-state index in [1.165, 1.54) is 25.7 Å². The van der Waals surface area contributed by atoms with Gasteiger partial charge in [0, 0.05) is 12.6 Å². The van der Waals surface area contributed by atoms with Crippen LogP contribution in [0, 0.1) is 5.92 Å². The lowest BCUT2D eigenvalue weighted by Crippen LogP contribution is -2.15. The summed E-state index contributed by atoms with van der Waals surface area (Å²) in [6.07, 6.45) is 10.3. The van der Waals surface area contributed by atoms with E-state index in [2.05, 4.69) is 17.5 Å². The number of nitrogens with one attached hydrogen (secondary N) is 1. The minimum Gasteiger partial charge on any atom is -0.311 e. The molecule has 1 N–H and O–H groups in total. The third-order valence-corrected chi connectivity index (χ3v) is 2.13. The summed E-state index contributed by atoms with van der Waals surface area (Å²) in [6.45, 7) is 1.10. The zero-order valence-electron chi connectivity index (χ0n) is 6.34. The highest BCUT2D eigenvalue weighted by atomic mass is 14.9. The molecule has 0 heterocycles.